The zero-order valence-corrected chi connectivity index (χ0v) is 21.6. The van der Waals surface area contributed by atoms with E-state index in [0.717, 1.165) is 32.1 Å². The van der Waals surface area contributed by atoms with Gasteiger partial charge in [-0.15, -0.1) is 0 Å². The molecule has 5 aliphatic carbocycles. The molecule has 0 aromatic heterocycles. The van der Waals surface area contributed by atoms with Crippen LogP contribution in [-0.4, -0.2) is 12.1 Å². The van der Waals surface area contributed by atoms with Crippen molar-refractivity contribution >= 4 is 12.1 Å². The Hall–Kier alpha value is -0.920. The Morgan fingerprint density at radius 2 is 1.59 bits per heavy atom. The van der Waals surface area contributed by atoms with Crippen molar-refractivity contribution in [3.8, 4) is 0 Å². The number of aldehydes is 1. The SMILES string of the molecule is C=C(C)[C@@H]1CC[C@@]2(C=O)CC[C@]3(C)[C@@H](CC[C@@H]4[C@]5(C)CCC(=O)C(C)(C)[C@@H]5CC[C@@]43C)[C@H]12. The van der Waals surface area contributed by atoms with Crippen LogP contribution in [0.25, 0.3) is 0 Å². The molecule has 0 amide bonds. The highest BCUT2D eigenvalue weighted by molar-refractivity contribution is 5.85. The maximum atomic E-state index is 12.9. The fourth-order valence-corrected chi connectivity index (χ4v) is 11.2. The number of hydrogen-bond acceptors (Lipinski definition) is 2. The summed E-state index contributed by atoms with van der Waals surface area (Å²) < 4.78 is 0. The lowest BCUT2D eigenvalue weighted by Gasteiger charge is -2.72. The number of rotatable bonds is 2. The van der Waals surface area contributed by atoms with Crippen LogP contribution in [0.2, 0.25) is 0 Å². The molecule has 32 heavy (non-hydrogen) atoms. The Kier molecular flexibility index (Phi) is 4.87. The lowest BCUT2D eigenvalue weighted by molar-refractivity contribution is -0.231. The normalized spacial score (nSPS) is 54.1. The van der Waals surface area contributed by atoms with E-state index in [-0.39, 0.29) is 21.7 Å². The Bertz CT molecular complexity index is 855. The minimum Gasteiger partial charge on any atom is -0.303 e. The van der Waals surface area contributed by atoms with E-state index in [1.807, 2.05) is 0 Å². The van der Waals surface area contributed by atoms with Crippen LogP contribution in [0, 0.1) is 56.7 Å². The van der Waals surface area contributed by atoms with E-state index in [1.165, 1.54) is 44.0 Å². The topological polar surface area (TPSA) is 34.1 Å². The van der Waals surface area contributed by atoms with Gasteiger partial charge in [-0.25, -0.2) is 0 Å². The summed E-state index contributed by atoms with van der Waals surface area (Å²) in [5, 5.41) is 0. The number of allylic oxidation sites excluding steroid dienone is 1. The molecular weight excluding hydrogens is 392 g/mol. The molecular formula is C30H46O2. The monoisotopic (exact) mass is 438 g/mol. The first-order chi connectivity index (χ1) is 14.9. The van der Waals surface area contributed by atoms with Gasteiger partial charge in [-0.2, -0.15) is 0 Å². The maximum absolute atomic E-state index is 12.9. The first-order valence-corrected chi connectivity index (χ1v) is 13.5. The van der Waals surface area contributed by atoms with Gasteiger partial charge in [0.15, 0.2) is 0 Å². The summed E-state index contributed by atoms with van der Waals surface area (Å²) in [6.45, 7) is 18.9. The van der Waals surface area contributed by atoms with E-state index < -0.39 is 0 Å². The van der Waals surface area contributed by atoms with E-state index in [9.17, 15) is 9.59 Å². The summed E-state index contributed by atoms with van der Waals surface area (Å²) in [5.74, 6) is 3.34. The van der Waals surface area contributed by atoms with Gasteiger partial charge in [0.25, 0.3) is 0 Å². The van der Waals surface area contributed by atoms with Gasteiger partial charge in [0.2, 0.25) is 0 Å². The van der Waals surface area contributed by atoms with E-state index in [0.29, 0.717) is 40.8 Å². The third-order valence-electron chi connectivity index (χ3n) is 13.1. The molecule has 0 saturated heterocycles. The molecule has 0 spiro atoms. The van der Waals surface area contributed by atoms with Crippen molar-refractivity contribution in [2.24, 2.45) is 56.7 Å². The molecule has 0 unspecified atom stereocenters. The third-order valence-corrected chi connectivity index (χ3v) is 13.1. The molecule has 5 saturated carbocycles. The summed E-state index contributed by atoms with van der Waals surface area (Å²) >= 11 is 0. The number of fused-ring (bicyclic) bond motifs is 7. The van der Waals surface area contributed by atoms with E-state index in [4.69, 9.17) is 0 Å². The Labute approximate surface area is 196 Å². The van der Waals surface area contributed by atoms with Gasteiger partial charge in [0.05, 0.1) is 0 Å². The van der Waals surface area contributed by atoms with Gasteiger partial charge >= 0.3 is 0 Å². The molecule has 2 nitrogen and oxygen atoms in total. The molecule has 0 bridgehead atoms. The van der Waals surface area contributed by atoms with Crippen LogP contribution >= 0.6 is 0 Å². The first-order valence-electron chi connectivity index (χ1n) is 13.5. The average Bonchev–Trinajstić information content (AvgIpc) is 3.12. The van der Waals surface area contributed by atoms with Crippen molar-refractivity contribution < 1.29 is 9.59 Å². The van der Waals surface area contributed by atoms with Crippen LogP contribution < -0.4 is 0 Å². The largest absolute Gasteiger partial charge is 0.303 e. The van der Waals surface area contributed by atoms with Crippen LogP contribution in [0.4, 0.5) is 0 Å². The van der Waals surface area contributed by atoms with Gasteiger partial charge in [-0.1, -0.05) is 46.8 Å². The van der Waals surface area contributed by atoms with Crippen molar-refractivity contribution in [2.75, 3.05) is 0 Å². The second-order valence-electron chi connectivity index (χ2n) is 14.2. The van der Waals surface area contributed by atoms with E-state index in [1.54, 1.807) is 0 Å². The standard InChI is InChI=1S/C30H46O2/c1-19(2)20-10-15-30(18-31)17-16-28(6)21(25(20)30)8-9-23-27(5)13-12-24(32)26(3,4)22(27)11-14-29(23,28)7/h18,20-23,25H,1,8-17H2,2-7H3/t20-,21-,22-,23+,25-,27+,28+,29-,30-/m0/s1. The van der Waals surface area contributed by atoms with Gasteiger partial charge in [0, 0.05) is 17.3 Å². The van der Waals surface area contributed by atoms with Crippen molar-refractivity contribution in [1.29, 1.82) is 0 Å². The molecule has 5 fully saturated rings. The van der Waals surface area contributed by atoms with Crippen LogP contribution in [-0.2, 0) is 9.59 Å². The molecule has 9 atom stereocenters. The third kappa shape index (κ3) is 2.54. The zero-order chi connectivity index (χ0) is 23.3. The second kappa shape index (κ2) is 6.82. The summed E-state index contributed by atoms with van der Waals surface area (Å²) in [5.41, 5.74) is 1.87. The van der Waals surface area contributed by atoms with Crippen LogP contribution in [0.1, 0.15) is 106 Å². The Balaban J connectivity index is 1.56. The quantitative estimate of drug-likeness (QED) is 0.332. The van der Waals surface area contributed by atoms with E-state index >= 15 is 0 Å². The molecule has 5 aliphatic rings. The predicted molar refractivity (Wildman–Crippen MR) is 130 cm³/mol. The number of carbonyl (C=O) groups is 2. The summed E-state index contributed by atoms with van der Waals surface area (Å²) in [6.07, 6.45) is 12.7. The van der Waals surface area contributed by atoms with Crippen molar-refractivity contribution in [3.63, 3.8) is 0 Å². The predicted octanol–water partition coefficient (Wildman–Crippen LogP) is 7.41. The summed E-state index contributed by atoms with van der Waals surface area (Å²) in [7, 11) is 0. The Morgan fingerprint density at radius 3 is 2.25 bits per heavy atom. The Morgan fingerprint density at radius 1 is 0.875 bits per heavy atom. The maximum Gasteiger partial charge on any atom is 0.138 e. The molecule has 5 rings (SSSR count). The average molecular weight is 439 g/mol. The lowest BCUT2D eigenvalue weighted by atomic mass is 9.32. The highest BCUT2D eigenvalue weighted by atomic mass is 16.1. The van der Waals surface area contributed by atoms with E-state index in [2.05, 4.69) is 48.1 Å². The molecule has 0 radical (unpaired) electrons. The zero-order valence-electron chi connectivity index (χ0n) is 21.6. The van der Waals surface area contributed by atoms with Gasteiger partial charge < -0.3 is 4.79 Å². The van der Waals surface area contributed by atoms with Gasteiger partial charge in [0.1, 0.15) is 12.1 Å². The number of Topliss-reactive ketones (excluding diaryl/α,β-unsaturated/α-hetero) is 1. The minimum absolute atomic E-state index is 0.0999. The van der Waals surface area contributed by atoms with Crippen molar-refractivity contribution in [1.82, 2.24) is 0 Å². The van der Waals surface area contributed by atoms with Crippen LogP contribution in [0.15, 0.2) is 12.2 Å². The van der Waals surface area contributed by atoms with Crippen LogP contribution in [0.3, 0.4) is 0 Å². The number of carbonyl (C=O) groups excluding carboxylic acids is 2. The fraction of sp³-hybridized carbons (Fsp3) is 0.867. The lowest BCUT2D eigenvalue weighted by Crippen LogP contribution is -2.66. The van der Waals surface area contributed by atoms with Crippen LogP contribution in [0.5, 0.6) is 0 Å². The van der Waals surface area contributed by atoms with Crippen molar-refractivity contribution in [3.05, 3.63) is 12.2 Å². The molecule has 0 aliphatic heterocycles. The van der Waals surface area contributed by atoms with Gasteiger partial charge in [-0.3, -0.25) is 4.79 Å². The summed E-state index contributed by atoms with van der Waals surface area (Å²) in [4.78, 5) is 25.4. The highest BCUT2D eigenvalue weighted by Gasteiger charge is 2.70. The smallest absolute Gasteiger partial charge is 0.138 e. The molecule has 2 heteroatoms. The van der Waals surface area contributed by atoms with Gasteiger partial charge in [-0.05, 0) is 111 Å². The minimum atomic E-state index is -0.179. The highest BCUT2D eigenvalue weighted by Crippen LogP contribution is 2.77. The molecule has 178 valence electrons. The fourth-order valence-electron chi connectivity index (χ4n) is 11.2. The second-order valence-corrected chi connectivity index (χ2v) is 14.2. The molecule has 0 aromatic rings. The van der Waals surface area contributed by atoms with Crippen molar-refractivity contribution in [2.45, 2.75) is 106 Å². The number of ketones is 1. The molecule has 0 heterocycles. The molecule has 0 N–H and O–H groups in total. The summed E-state index contributed by atoms with van der Waals surface area (Å²) in [6, 6.07) is 0. The number of hydrogen-bond donors (Lipinski definition) is 0. The molecule has 0 aromatic carbocycles. The first kappa shape index (κ1) is 22.9.